The van der Waals surface area contributed by atoms with E-state index in [-0.39, 0.29) is 18.6 Å². The molecule has 0 spiro atoms. The van der Waals surface area contributed by atoms with Crippen LogP contribution in [0.25, 0.3) is 5.69 Å². The lowest BCUT2D eigenvalue weighted by Crippen LogP contribution is -2.35. The van der Waals surface area contributed by atoms with Crippen LogP contribution in [0.2, 0.25) is 0 Å². The van der Waals surface area contributed by atoms with E-state index in [2.05, 4.69) is 10.4 Å². The highest BCUT2D eigenvalue weighted by atomic mass is 16.3. The first kappa shape index (κ1) is 13.1. The Balaban J connectivity index is 2.15. The molecule has 0 aliphatic carbocycles. The lowest BCUT2D eigenvalue weighted by molar-refractivity contribution is 0.0917. The minimum atomic E-state index is -0.309. The zero-order valence-corrected chi connectivity index (χ0v) is 10.6. The number of aliphatic hydroxyl groups excluding tert-OH is 1. The Labute approximate surface area is 110 Å². The molecule has 100 valence electrons. The molecule has 0 saturated heterocycles. The minimum absolute atomic E-state index is 0.107. The minimum Gasteiger partial charge on any atom is -0.399 e. The number of nitrogens with zero attached hydrogens (tertiary/aromatic N) is 2. The van der Waals surface area contributed by atoms with Crippen LogP contribution in [0, 0.1) is 0 Å². The molecule has 0 aliphatic heterocycles. The molecule has 0 saturated carbocycles. The van der Waals surface area contributed by atoms with Gasteiger partial charge in [-0.15, -0.1) is 0 Å². The van der Waals surface area contributed by atoms with Gasteiger partial charge in [-0.3, -0.25) is 4.79 Å². The molecule has 1 unspecified atom stereocenters. The lowest BCUT2D eigenvalue weighted by atomic mass is 10.3. The summed E-state index contributed by atoms with van der Waals surface area (Å²) in [7, 11) is 0. The highest BCUT2D eigenvalue weighted by Gasteiger charge is 2.12. The summed E-state index contributed by atoms with van der Waals surface area (Å²) in [6.45, 7) is 1.61. The third-order valence-corrected chi connectivity index (χ3v) is 2.63. The fraction of sp³-hybridized carbons (Fsp3) is 0.231. The molecule has 0 bridgehead atoms. The first-order valence-corrected chi connectivity index (χ1v) is 5.93. The van der Waals surface area contributed by atoms with Crippen LogP contribution in [-0.2, 0) is 0 Å². The van der Waals surface area contributed by atoms with Crippen LogP contribution in [0.5, 0.6) is 0 Å². The van der Waals surface area contributed by atoms with E-state index in [0.717, 1.165) is 5.69 Å². The average molecular weight is 260 g/mol. The Morgan fingerprint density at radius 2 is 2.11 bits per heavy atom. The number of carbonyl (C=O) groups is 1. The van der Waals surface area contributed by atoms with Crippen LogP contribution >= 0.6 is 0 Å². The molecule has 0 aliphatic rings. The normalized spacial score (nSPS) is 12.1. The van der Waals surface area contributed by atoms with Crippen LogP contribution in [0.3, 0.4) is 0 Å². The van der Waals surface area contributed by atoms with Crippen molar-refractivity contribution in [2.45, 2.75) is 13.0 Å². The number of carbonyl (C=O) groups excluding carboxylic acids is 1. The van der Waals surface area contributed by atoms with Crippen LogP contribution in [0.4, 0.5) is 5.69 Å². The molecule has 4 N–H and O–H groups in total. The Kier molecular flexibility index (Phi) is 3.82. The standard InChI is InChI=1S/C13H16N4O2/c1-9(8-18)15-13(19)12-6-7-17(16-12)11-4-2-10(14)3-5-11/h2-7,9,18H,8,14H2,1H3,(H,15,19). The van der Waals surface area contributed by atoms with Crippen molar-refractivity contribution in [3.05, 3.63) is 42.2 Å². The Bertz CT molecular complexity index is 562. The summed E-state index contributed by atoms with van der Waals surface area (Å²) >= 11 is 0. The van der Waals surface area contributed by atoms with Crippen molar-refractivity contribution in [2.24, 2.45) is 0 Å². The number of nitrogens with one attached hydrogen (secondary N) is 1. The fourth-order valence-electron chi connectivity index (χ4n) is 1.56. The third-order valence-electron chi connectivity index (χ3n) is 2.63. The topological polar surface area (TPSA) is 93.2 Å². The summed E-state index contributed by atoms with van der Waals surface area (Å²) in [4.78, 5) is 11.8. The summed E-state index contributed by atoms with van der Waals surface area (Å²) in [5.41, 5.74) is 7.41. The van der Waals surface area contributed by atoms with E-state index in [4.69, 9.17) is 10.8 Å². The van der Waals surface area contributed by atoms with Gasteiger partial charge >= 0.3 is 0 Å². The van der Waals surface area contributed by atoms with E-state index in [0.29, 0.717) is 11.4 Å². The Morgan fingerprint density at radius 3 is 2.74 bits per heavy atom. The molecule has 1 amide bonds. The lowest BCUT2D eigenvalue weighted by Gasteiger charge is -2.08. The number of aliphatic hydroxyl groups is 1. The van der Waals surface area contributed by atoms with Crippen LogP contribution in [0.15, 0.2) is 36.5 Å². The van der Waals surface area contributed by atoms with E-state index in [9.17, 15) is 4.79 Å². The molecule has 19 heavy (non-hydrogen) atoms. The molecule has 1 heterocycles. The smallest absolute Gasteiger partial charge is 0.272 e. The molecule has 1 atom stereocenters. The second-order valence-electron chi connectivity index (χ2n) is 4.29. The van der Waals surface area contributed by atoms with Crippen molar-refractivity contribution >= 4 is 11.6 Å². The van der Waals surface area contributed by atoms with Gasteiger partial charge < -0.3 is 16.2 Å². The van der Waals surface area contributed by atoms with Crippen molar-refractivity contribution in [2.75, 3.05) is 12.3 Å². The van der Waals surface area contributed by atoms with Crippen molar-refractivity contribution < 1.29 is 9.90 Å². The Hall–Kier alpha value is -2.34. The zero-order valence-electron chi connectivity index (χ0n) is 10.6. The van der Waals surface area contributed by atoms with Gasteiger partial charge in [0.05, 0.1) is 12.3 Å². The van der Waals surface area contributed by atoms with Crippen molar-refractivity contribution in [3.63, 3.8) is 0 Å². The quantitative estimate of drug-likeness (QED) is 0.700. The first-order chi connectivity index (χ1) is 9.10. The SMILES string of the molecule is CC(CO)NC(=O)c1ccn(-c2ccc(N)cc2)n1. The number of aromatic nitrogens is 2. The number of nitrogens with two attached hydrogens (primary N) is 1. The summed E-state index contributed by atoms with van der Waals surface area (Å²) in [5, 5.41) is 15.7. The van der Waals surface area contributed by atoms with Crippen molar-refractivity contribution in [1.82, 2.24) is 15.1 Å². The third kappa shape index (κ3) is 3.11. The predicted octanol–water partition coefficient (Wildman–Crippen LogP) is 0.565. The second kappa shape index (κ2) is 5.53. The molecule has 2 aromatic rings. The van der Waals surface area contributed by atoms with Gasteiger partial charge in [-0.05, 0) is 37.3 Å². The highest BCUT2D eigenvalue weighted by Crippen LogP contribution is 2.10. The van der Waals surface area contributed by atoms with E-state index in [1.54, 1.807) is 36.0 Å². The number of nitrogen functional groups attached to an aromatic ring is 1. The zero-order chi connectivity index (χ0) is 13.8. The predicted molar refractivity (Wildman–Crippen MR) is 72.0 cm³/mol. The van der Waals surface area contributed by atoms with E-state index >= 15 is 0 Å². The number of rotatable bonds is 4. The summed E-state index contributed by atoms with van der Waals surface area (Å²) in [5.74, 6) is -0.309. The maximum absolute atomic E-state index is 11.8. The summed E-state index contributed by atoms with van der Waals surface area (Å²) in [6.07, 6.45) is 1.70. The molecule has 6 heteroatoms. The Morgan fingerprint density at radius 1 is 1.42 bits per heavy atom. The monoisotopic (exact) mass is 260 g/mol. The van der Waals surface area contributed by atoms with E-state index in [1.165, 1.54) is 0 Å². The van der Waals surface area contributed by atoms with E-state index < -0.39 is 0 Å². The first-order valence-electron chi connectivity index (χ1n) is 5.93. The van der Waals surface area contributed by atoms with Crippen LogP contribution in [-0.4, -0.2) is 33.4 Å². The summed E-state index contributed by atoms with van der Waals surface area (Å²) in [6, 6.07) is 8.50. The molecular weight excluding hydrogens is 244 g/mol. The van der Waals surface area contributed by atoms with Gasteiger partial charge in [0.1, 0.15) is 0 Å². The van der Waals surface area contributed by atoms with E-state index in [1.807, 2.05) is 12.1 Å². The number of amides is 1. The van der Waals surface area contributed by atoms with Gasteiger partial charge in [0.25, 0.3) is 5.91 Å². The highest BCUT2D eigenvalue weighted by molar-refractivity contribution is 5.92. The molecule has 2 rings (SSSR count). The molecule has 6 nitrogen and oxygen atoms in total. The fourth-order valence-corrected chi connectivity index (χ4v) is 1.56. The van der Waals surface area contributed by atoms with Gasteiger partial charge in [-0.25, -0.2) is 4.68 Å². The van der Waals surface area contributed by atoms with Crippen molar-refractivity contribution in [3.8, 4) is 5.69 Å². The number of anilines is 1. The van der Waals surface area contributed by atoms with Crippen molar-refractivity contribution in [1.29, 1.82) is 0 Å². The largest absolute Gasteiger partial charge is 0.399 e. The van der Waals surface area contributed by atoms with Gasteiger partial charge in [0, 0.05) is 17.9 Å². The second-order valence-corrected chi connectivity index (χ2v) is 4.29. The van der Waals surface area contributed by atoms with Crippen LogP contribution in [0.1, 0.15) is 17.4 Å². The van der Waals surface area contributed by atoms with Gasteiger partial charge in [0.2, 0.25) is 0 Å². The number of hydrogen-bond acceptors (Lipinski definition) is 4. The molecule has 1 aromatic carbocycles. The van der Waals surface area contributed by atoms with Gasteiger partial charge in [0.15, 0.2) is 5.69 Å². The average Bonchev–Trinajstić information content (AvgIpc) is 2.89. The number of benzene rings is 1. The molecule has 0 radical (unpaired) electrons. The molecular formula is C13H16N4O2. The molecule has 1 aromatic heterocycles. The van der Waals surface area contributed by atoms with Crippen LogP contribution < -0.4 is 11.1 Å². The summed E-state index contributed by atoms with van der Waals surface area (Å²) < 4.78 is 1.60. The van der Waals surface area contributed by atoms with Gasteiger partial charge in [-0.2, -0.15) is 5.10 Å². The maximum atomic E-state index is 11.8. The number of hydrogen-bond donors (Lipinski definition) is 3. The molecule has 0 fully saturated rings. The van der Waals surface area contributed by atoms with Gasteiger partial charge in [-0.1, -0.05) is 0 Å². The maximum Gasteiger partial charge on any atom is 0.272 e.